The molecule has 3 rings (SSSR count). The molecule has 1 aromatic heterocycles. The first-order chi connectivity index (χ1) is 12.0. The zero-order valence-electron chi connectivity index (χ0n) is 13.5. The highest BCUT2D eigenvalue weighted by Crippen LogP contribution is 2.34. The molecule has 0 radical (unpaired) electrons. The molecule has 0 saturated heterocycles. The number of nitrogens with one attached hydrogen (secondary N) is 1. The molecule has 0 aliphatic heterocycles. The van der Waals surface area contributed by atoms with Gasteiger partial charge >= 0.3 is 0 Å². The molecule has 0 aliphatic rings. The van der Waals surface area contributed by atoms with E-state index in [1.54, 1.807) is 23.0 Å². The van der Waals surface area contributed by atoms with Gasteiger partial charge in [-0.05, 0) is 52.8 Å². The van der Waals surface area contributed by atoms with Gasteiger partial charge in [-0.15, -0.1) is 0 Å². The maximum atomic E-state index is 9.88. The summed E-state index contributed by atoms with van der Waals surface area (Å²) in [5.41, 5.74) is 2.80. The van der Waals surface area contributed by atoms with Gasteiger partial charge in [0.05, 0.1) is 17.8 Å². The highest BCUT2D eigenvalue weighted by molar-refractivity contribution is 9.10. The standard InChI is InChI=1S/C17H15BrN4O2S/c1-10-3-5-12(6-4-10)16-20-21-17(25)22(16)19-9-11-7-13(18)15(23)14(8-11)24-2/h3-9,23H,1-2H3,(H,21,25)/b19-9+. The monoisotopic (exact) mass is 418 g/mol. The van der Waals surface area contributed by atoms with E-state index in [4.69, 9.17) is 17.0 Å². The summed E-state index contributed by atoms with van der Waals surface area (Å²) in [6.45, 7) is 2.02. The lowest BCUT2D eigenvalue weighted by molar-refractivity contribution is 0.372. The van der Waals surface area contributed by atoms with Crippen LogP contribution in [0.5, 0.6) is 11.5 Å². The Morgan fingerprint density at radius 1 is 1.32 bits per heavy atom. The fourth-order valence-corrected chi connectivity index (χ4v) is 2.88. The fraction of sp³-hybridized carbons (Fsp3) is 0.118. The molecule has 1 heterocycles. The molecule has 0 amide bonds. The van der Waals surface area contributed by atoms with Crippen LogP contribution < -0.4 is 4.74 Å². The summed E-state index contributed by atoms with van der Waals surface area (Å²) in [6, 6.07) is 11.3. The third-order valence-corrected chi connectivity index (χ3v) is 4.42. The summed E-state index contributed by atoms with van der Waals surface area (Å²) >= 11 is 8.56. The van der Waals surface area contributed by atoms with Crippen molar-refractivity contribution >= 4 is 34.4 Å². The van der Waals surface area contributed by atoms with E-state index in [2.05, 4.69) is 31.2 Å². The van der Waals surface area contributed by atoms with Crippen LogP contribution in [0.4, 0.5) is 0 Å². The third-order valence-electron chi connectivity index (χ3n) is 3.55. The molecule has 0 aliphatic carbocycles. The lowest BCUT2D eigenvalue weighted by atomic mass is 10.1. The fourth-order valence-electron chi connectivity index (χ4n) is 2.24. The van der Waals surface area contributed by atoms with Gasteiger partial charge in [0.1, 0.15) is 0 Å². The Morgan fingerprint density at radius 3 is 2.72 bits per heavy atom. The summed E-state index contributed by atoms with van der Waals surface area (Å²) in [6.07, 6.45) is 1.62. The van der Waals surface area contributed by atoms with E-state index in [1.165, 1.54) is 7.11 Å². The van der Waals surface area contributed by atoms with Crippen LogP contribution in [0.15, 0.2) is 46.0 Å². The smallest absolute Gasteiger partial charge is 0.216 e. The van der Waals surface area contributed by atoms with Crippen molar-refractivity contribution in [3.63, 3.8) is 0 Å². The minimum Gasteiger partial charge on any atom is -0.503 e. The number of halogens is 1. The Morgan fingerprint density at radius 2 is 2.04 bits per heavy atom. The van der Waals surface area contributed by atoms with Crippen molar-refractivity contribution in [2.75, 3.05) is 7.11 Å². The number of methoxy groups -OCH3 is 1. The van der Waals surface area contributed by atoms with E-state index < -0.39 is 0 Å². The highest BCUT2D eigenvalue weighted by Gasteiger charge is 2.09. The quantitative estimate of drug-likeness (QED) is 0.489. The maximum Gasteiger partial charge on any atom is 0.216 e. The molecule has 128 valence electrons. The first-order valence-electron chi connectivity index (χ1n) is 7.35. The molecule has 0 bridgehead atoms. The zero-order valence-corrected chi connectivity index (χ0v) is 15.9. The Bertz CT molecular complexity index is 993. The molecule has 2 aromatic carbocycles. The van der Waals surface area contributed by atoms with Crippen molar-refractivity contribution in [1.82, 2.24) is 14.9 Å². The number of aromatic nitrogens is 3. The Kier molecular flexibility index (Phi) is 5.00. The number of ether oxygens (including phenoxy) is 1. The van der Waals surface area contributed by atoms with Crippen molar-refractivity contribution in [3.05, 3.63) is 56.8 Å². The van der Waals surface area contributed by atoms with Crippen molar-refractivity contribution in [2.24, 2.45) is 5.10 Å². The molecule has 0 fully saturated rings. The minimum absolute atomic E-state index is 0.0416. The normalized spacial score (nSPS) is 11.2. The third kappa shape index (κ3) is 3.64. The summed E-state index contributed by atoms with van der Waals surface area (Å²) in [5, 5.41) is 21.3. The van der Waals surface area contributed by atoms with Crippen LogP contribution in [-0.4, -0.2) is 33.3 Å². The zero-order chi connectivity index (χ0) is 18.0. The molecule has 0 saturated carbocycles. The van der Waals surface area contributed by atoms with Gasteiger partial charge in [-0.1, -0.05) is 29.8 Å². The molecule has 0 atom stereocenters. The number of H-pyrrole nitrogens is 1. The predicted molar refractivity (Wildman–Crippen MR) is 103 cm³/mol. The van der Waals surface area contributed by atoms with Crippen LogP contribution in [0, 0.1) is 11.7 Å². The molecular formula is C17H15BrN4O2S. The molecular weight excluding hydrogens is 404 g/mol. The van der Waals surface area contributed by atoms with Gasteiger partial charge < -0.3 is 9.84 Å². The van der Waals surface area contributed by atoms with Crippen LogP contribution in [0.25, 0.3) is 11.4 Å². The number of aromatic amines is 1. The van der Waals surface area contributed by atoms with E-state index in [1.807, 2.05) is 31.2 Å². The SMILES string of the molecule is COc1cc(/C=N/n2c(-c3ccc(C)cc3)n[nH]c2=S)cc(Br)c1O. The number of phenolic OH excluding ortho intramolecular Hbond substituents is 1. The topological polar surface area (TPSA) is 75.4 Å². The summed E-state index contributed by atoms with van der Waals surface area (Å²) in [7, 11) is 1.49. The van der Waals surface area contributed by atoms with E-state index in [0.717, 1.165) is 16.7 Å². The number of hydrogen-bond acceptors (Lipinski definition) is 5. The Balaban J connectivity index is 2.00. The van der Waals surface area contributed by atoms with Crippen molar-refractivity contribution in [1.29, 1.82) is 0 Å². The van der Waals surface area contributed by atoms with Gasteiger partial charge in [0, 0.05) is 5.56 Å². The van der Waals surface area contributed by atoms with E-state index in [-0.39, 0.29) is 5.75 Å². The number of rotatable bonds is 4. The number of benzene rings is 2. The van der Waals surface area contributed by atoms with E-state index >= 15 is 0 Å². The lowest BCUT2D eigenvalue weighted by Gasteiger charge is -2.06. The molecule has 0 unspecified atom stereocenters. The number of aromatic hydroxyl groups is 1. The minimum atomic E-state index is 0.0416. The van der Waals surface area contributed by atoms with Gasteiger partial charge in [-0.25, -0.2) is 5.10 Å². The summed E-state index contributed by atoms with van der Waals surface area (Å²) < 4.78 is 7.60. The van der Waals surface area contributed by atoms with Gasteiger partial charge in [-0.3, -0.25) is 0 Å². The van der Waals surface area contributed by atoms with Crippen molar-refractivity contribution in [3.8, 4) is 22.9 Å². The second kappa shape index (κ2) is 7.20. The van der Waals surface area contributed by atoms with E-state index in [9.17, 15) is 5.11 Å². The molecule has 25 heavy (non-hydrogen) atoms. The maximum absolute atomic E-state index is 9.88. The van der Waals surface area contributed by atoms with Gasteiger partial charge in [-0.2, -0.15) is 14.9 Å². The molecule has 8 heteroatoms. The van der Waals surface area contributed by atoms with Gasteiger partial charge in [0.25, 0.3) is 0 Å². The van der Waals surface area contributed by atoms with Crippen LogP contribution in [0.2, 0.25) is 0 Å². The Hall–Kier alpha value is -2.45. The molecule has 2 N–H and O–H groups in total. The van der Waals surface area contributed by atoms with Crippen molar-refractivity contribution < 1.29 is 9.84 Å². The highest BCUT2D eigenvalue weighted by atomic mass is 79.9. The molecule has 0 spiro atoms. The van der Waals surface area contributed by atoms with Crippen LogP contribution in [0.1, 0.15) is 11.1 Å². The first-order valence-corrected chi connectivity index (χ1v) is 8.55. The number of hydrogen-bond donors (Lipinski definition) is 2. The lowest BCUT2D eigenvalue weighted by Crippen LogP contribution is -1.96. The number of phenols is 1. The number of nitrogens with zero attached hydrogens (tertiary/aromatic N) is 3. The number of aryl methyl sites for hydroxylation is 1. The van der Waals surface area contributed by atoms with E-state index in [0.29, 0.717) is 20.8 Å². The second-order valence-electron chi connectivity index (χ2n) is 5.33. The van der Waals surface area contributed by atoms with Gasteiger partial charge in [0.15, 0.2) is 17.3 Å². The van der Waals surface area contributed by atoms with Crippen molar-refractivity contribution in [2.45, 2.75) is 6.92 Å². The largest absolute Gasteiger partial charge is 0.503 e. The molecule has 3 aromatic rings. The molecule has 6 nitrogen and oxygen atoms in total. The average Bonchev–Trinajstić information content (AvgIpc) is 2.97. The summed E-state index contributed by atoms with van der Waals surface area (Å²) in [5.74, 6) is 1.01. The predicted octanol–water partition coefficient (Wildman–Crippen LogP) is 4.28. The average molecular weight is 419 g/mol. The van der Waals surface area contributed by atoms with Crippen LogP contribution in [0.3, 0.4) is 0 Å². The van der Waals surface area contributed by atoms with Crippen LogP contribution >= 0.6 is 28.1 Å². The van der Waals surface area contributed by atoms with Gasteiger partial charge in [0.2, 0.25) is 4.77 Å². The Labute approximate surface area is 157 Å². The first kappa shape index (κ1) is 17.4. The second-order valence-corrected chi connectivity index (χ2v) is 6.57. The summed E-state index contributed by atoms with van der Waals surface area (Å²) in [4.78, 5) is 0. The van der Waals surface area contributed by atoms with Crippen LogP contribution in [-0.2, 0) is 0 Å².